The molecule has 0 spiro atoms. The van der Waals surface area contributed by atoms with Gasteiger partial charge in [0.15, 0.2) is 6.10 Å². The van der Waals surface area contributed by atoms with Crippen molar-refractivity contribution in [1.82, 2.24) is 0 Å². The molecule has 0 aromatic heterocycles. The Kier molecular flexibility index (Phi) is 3.43. The number of benzene rings is 1. The third-order valence-corrected chi connectivity index (χ3v) is 2.90. The van der Waals surface area contributed by atoms with E-state index >= 15 is 0 Å². The molecule has 0 saturated heterocycles. The molecule has 1 aliphatic heterocycles. The highest BCUT2D eigenvalue weighted by Crippen LogP contribution is 2.33. The number of ether oxygens (including phenoxy) is 1. The van der Waals surface area contributed by atoms with Gasteiger partial charge < -0.3 is 20.7 Å². The van der Waals surface area contributed by atoms with Crippen LogP contribution in [-0.2, 0) is 4.79 Å². The summed E-state index contributed by atoms with van der Waals surface area (Å²) >= 11 is 0. The first kappa shape index (κ1) is 12.7. The van der Waals surface area contributed by atoms with E-state index in [4.69, 9.17) is 10.5 Å². The molecule has 0 saturated carbocycles. The second-order valence-corrected chi connectivity index (χ2v) is 4.79. The number of likely N-dealkylation sites (N-methyl/N-ethyl adjacent to an activating group) is 1. The minimum Gasteiger partial charge on any atom is -0.479 e. The van der Waals surface area contributed by atoms with Crippen LogP contribution in [0.25, 0.3) is 0 Å². The zero-order valence-corrected chi connectivity index (χ0v) is 10.9. The number of rotatable bonds is 3. The monoisotopic (exact) mass is 249 g/mol. The normalized spacial score (nSPS) is 19.6. The van der Waals surface area contributed by atoms with Crippen molar-refractivity contribution in [2.45, 2.75) is 26.0 Å². The van der Waals surface area contributed by atoms with Gasteiger partial charge in [0.2, 0.25) is 0 Å². The van der Waals surface area contributed by atoms with Crippen LogP contribution in [0, 0.1) is 0 Å². The number of hydrogen-bond acceptors (Lipinski definition) is 4. The Hall–Kier alpha value is -1.75. The van der Waals surface area contributed by atoms with Crippen LogP contribution in [0.4, 0.5) is 11.4 Å². The van der Waals surface area contributed by atoms with Crippen molar-refractivity contribution >= 4 is 17.3 Å². The summed E-state index contributed by atoms with van der Waals surface area (Å²) in [5.41, 5.74) is 7.49. The fraction of sp³-hybridized carbons (Fsp3) is 0.462. The lowest BCUT2D eigenvalue weighted by Crippen LogP contribution is -2.35. The van der Waals surface area contributed by atoms with Gasteiger partial charge in [0.1, 0.15) is 5.75 Å². The number of carbonyl (C=O) groups is 1. The maximum absolute atomic E-state index is 11.5. The van der Waals surface area contributed by atoms with Crippen molar-refractivity contribution in [2.24, 2.45) is 5.73 Å². The Labute approximate surface area is 107 Å². The Morgan fingerprint density at radius 2 is 2.28 bits per heavy atom. The van der Waals surface area contributed by atoms with Gasteiger partial charge in [-0.25, -0.2) is 0 Å². The largest absolute Gasteiger partial charge is 0.479 e. The first-order valence-corrected chi connectivity index (χ1v) is 6.05. The summed E-state index contributed by atoms with van der Waals surface area (Å²) in [5.74, 6) is 0.592. The molecule has 1 heterocycles. The standard InChI is InChI=1S/C13H19N3O2/c1-8(14)7-16(3)10-4-5-12-11(6-10)15-13(17)9(2)18-12/h4-6,8-9H,7,14H2,1-3H3,(H,15,17). The van der Waals surface area contributed by atoms with Crippen molar-refractivity contribution in [3.05, 3.63) is 18.2 Å². The molecule has 1 amide bonds. The van der Waals surface area contributed by atoms with Gasteiger partial charge in [-0.2, -0.15) is 0 Å². The van der Waals surface area contributed by atoms with Crippen LogP contribution in [0.5, 0.6) is 5.75 Å². The Morgan fingerprint density at radius 1 is 1.56 bits per heavy atom. The van der Waals surface area contributed by atoms with Crippen LogP contribution in [0.3, 0.4) is 0 Å². The third-order valence-electron chi connectivity index (χ3n) is 2.90. The van der Waals surface area contributed by atoms with E-state index in [2.05, 4.69) is 10.2 Å². The lowest BCUT2D eigenvalue weighted by molar-refractivity contribution is -0.122. The van der Waals surface area contributed by atoms with Crippen LogP contribution in [-0.4, -0.2) is 31.6 Å². The predicted octanol–water partition coefficient (Wildman–Crippen LogP) is 1.19. The van der Waals surface area contributed by atoms with Crippen LogP contribution >= 0.6 is 0 Å². The minimum absolute atomic E-state index is 0.0943. The van der Waals surface area contributed by atoms with Crippen molar-refractivity contribution in [3.8, 4) is 5.75 Å². The van der Waals surface area contributed by atoms with Gasteiger partial charge >= 0.3 is 0 Å². The molecule has 0 bridgehead atoms. The lowest BCUT2D eigenvalue weighted by atomic mass is 10.2. The van der Waals surface area contributed by atoms with Crippen LogP contribution < -0.4 is 20.7 Å². The van der Waals surface area contributed by atoms with E-state index in [0.717, 1.165) is 12.2 Å². The zero-order valence-electron chi connectivity index (χ0n) is 10.9. The van der Waals surface area contributed by atoms with Gasteiger partial charge in [-0.15, -0.1) is 0 Å². The quantitative estimate of drug-likeness (QED) is 0.844. The highest BCUT2D eigenvalue weighted by atomic mass is 16.5. The summed E-state index contributed by atoms with van der Waals surface area (Å²) in [6, 6.07) is 5.84. The zero-order chi connectivity index (χ0) is 13.3. The first-order valence-electron chi connectivity index (χ1n) is 6.05. The van der Waals surface area contributed by atoms with E-state index in [9.17, 15) is 4.79 Å². The van der Waals surface area contributed by atoms with E-state index in [1.165, 1.54) is 0 Å². The van der Waals surface area contributed by atoms with Gasteiger partial charge in [-0.05, 0) is 32.0 Å². The molecule has 2 atom stereocenters. The molecule has 1 aromatic rings. The van der Waals surface area contributed by atoms with Crippen molar-refractivity contribution in [3.63, 3.8) is 0 Å². The summed E-state index contributed by atoms with van der Waals surface area (Å²) in [6.07, 6.45) is -0.440. The van der Waals surface area contributed by atoms with Gasteiger partial charge in [0, 0.05) is 25.3 Å². The molecule has 1 aromatic carbocycles. The fourth-order valence-corrected chi connectivity index (χ4v) is 1.97. The molecule has 18 heavy (non-hydrogen) atoms. The molecule has 0 fully saturated rings. The van der Waals surface area contributed by atoms with Crippen LogP contribution in [0.2, 0.25) is 0 Å². The molecule has 0 aliphatic carbocycles. The predicted molar refractivity (Wildman–Crippen MR) is 72.1 cm³/mol. The van der Waals surface area contributed by atoms with Crippen LogP contribution in [0.15, 0.2) is 18.2 Å². The van der Waals surface area contributed by atoms with E-state index in [1.807, 2.05) is 32.2 Å². The van der Waals surface area contributed by atoms with Gasteiger partial charge in [0.05, 0.1) is 5.69 Å². The molecular weight excluding hydrogens is 230 g/mol. The number of anilines is 2. The molecule has 3 N–H and O–H groups in total. The van der Waals surface area contributed by atoms with E-state index < -0.39 is 6.10 Å². The summed E-state index contributed by atoms with van der Waals surface area (Å²) in [7, 11) is 1.97. The number of fused-ring (bicyclic) bond motifs is 1. The molecule has 5 nitrogen and oxygen atoms in total. The van der Waals surface area contributed by atoms with E-state index in [1.54, 1.807) is 6.92 Å². The van der Waals surface area contributed by atoms with Crippen molar-refractivity contribution in [2.75, 3.05) is 23.8 Å². The fourth-order valence-electron chi connectivity index (χ4n) is 1.97. The summed E-state index contributed by atoms with van der Waals surface area (Å²) in [6.45, 7) is 4.44. The number of nitrogens with one attached hydrogen (secondary N) is 1. The molecule has 0 radical (unpaired) electrons. The van der Waals surface area contributed by atoms with Crippen molar-refractivity contribution in [1.29, 1.82) is 0 Å². The number of carbonyl (C=O) groups excluding carboxylic acids is 1. The van der Waals surface area contributed by atoms with Crippen LogP contribution in [0.1, 0.15) is 13.8 Å². The van der Waals surface area contributed by atoms with Gasteiger partial charge in [-0.3, -0.25) is 4.79 Å². The van der Waals surface area contributed by atoms with Gasteiger partial charge in [0.25, 0.3) is 5.91 Å². The summed E-state index contributed by atoms with van der Waals surface area (Å²) in [4.78, 5) is 13.6. The smallest absolute Gasteiger partial charge is 0.265 e. The number of nitrogens with two attached hydrogens (primary N) is 1. The second-order valence-electron chi connectivity index (χ2n) is 4.79. The lowest BCUT2D eigenvalue weighted by Gasteiger charge is -2.26. The first-order chi connectivity index (χ1) is 8.47. The summed E-state index contributed by atoms with van der Waals surface area (Å²) in [5, 5.41) is 2.84. The summed E-state index contributed by atoms with van der Waals surface area (Å²) < 4.78 is 5.50. The highest BCUT2D eigenvalue weighted by molar-refractivity contribution is 5.98. The van der Waals surface area contributed by atoms with E-state index in [0.29, 0.717) is 11.4 Å². The number of hydrogen-bond donors (Lipinski definition) is 2. The molecule has 98 valence electrons. The SMILES string of the molecule is CC(N)CN(C)c1ccc2c(c1)NC(=O)C(C)O2. The average Bonchev–Trinajstić information content (AvgIpc) is 2.29. The maximum atomic E-state index is 11.5. The molecule has 2 rings (SSSR count). The topological polar surface area (TPSA) is 67.6 Å². The van der Waals surface area contributed by atoms with Gasteiger partial charge in [-0.1, -0.05) is 0 Å². The average molecular weight is 249 g/mol. The minimum atomic E-state index is -0.440. The Bertz CT molecular complexity index is 460. The molecule has 1 aliphatic rings. The Morgan fingerprint density at radius 3 is 2.94 bits per heavy atom. The molecular formula is C13H19N3O2. The number of nitrogens with zero attached hydrogens (tertiary/aromatic N) is 1. The van der Waals surface area contributed by atoms with Crippen molar-refractivity contribution < 1.29 is 9.53 Å². The maximum Gasteiger partial charge on any atom is 0.265 e. The number of amides is 1. The third kappa shape index (κ3) is 2.56. The molecule has 5 heteroatoms. The van der Waals surface area contributed by atoms with E-state index in [-0.39, 0.29) is 11.9 Å². The molecule has 2 unspecified atom stereocenters. The highest BCUT2D eigenvalue weighted by Gasteiger charge is 2.23. The second kappa shape index (κ2) is 4.86. The Balaban J connectivity index is 2.22.